The minimum Gasteiger partial charge on any atom is -0.497 e. The lowest BCUT2D eigenvalue weighted by atomic mass is 10.0. The molecule has 0 saturated carbocycles. The third kappa shape index (κ3) is 6.43. The Morgan fingerprint density at radius 1 is 0.789 bits per heavy atom. The number of alkyl halides is 3. The number of sulfonamides is 1. The lowest BCUT2D eigenvalue weighted by Crippen LogP contribution is -2.21. The van der Waals surface area contributed by atoms with Crippen LogP contribution < -0.4 is 20.1 Å². The highest BCUT2D eigenvalue weighted by Crippen LogP contribution is 2.34. The molecule has 4 rings (SSSR count). The average Bonchev–Trinajstić information content (AvgIpc) is 2.88. The maximum Gasteiger partial charge on any atom is 0.416 e. The van der Waals surface area contributed by atoms with E-state index in [2.05, 4.69) is 15.4 Å². The van der Waals surface area contributed by atoms with Crippen LogP contribution in [0.25, 0.3) is 11.1 Å². The van der Waals surface area contributed by atoms with Gasteiger partial charge in [0.05, 0.1) is 23.3 Å². The van der Waals surface area contributed by atoms with Crippen molar-refractivity contribution in [2.45, 2.75) is 11.1 Å². The number of carbonyl (C=O) groups is 1. The second-order valence-corrected chi connectivity index (χ2v) is 9.75. The number of rotatable bonds is 7. The highest BCUT2D eigenvalue weighted by Gasteiger charge is 2.30. The van der Waals surface area contributed by atoms with E-state index in [4.69, 9.17) is 4.74 Å². The monoisotopic (exact) mass is 541 g/mol. The summed E-state index contributed by atoms with van der Waals surface area (Å²) in [5.74, 6) is 0.532. The van der Waals surface area contributed by atoms with Gasteiger partial charge in [0.25, 0.3) is 10.0 Å². The quantitative estimate of drug-likeness (QED) is 0.239. The molecule has 0 aliphatic heterocycles. The van der Waals surface area contributed by atoms with Crippen LogP contribution in [0.15, 0.2) is 102 Å². The summed E-state index contributed by atoms with van der Waals surface area (Å²) in [6.07, 6.45) is -4.58. The molecule has 0 fully saturated rings. The van der Waals surface area contributed by atoms with Crippen molar-refractivity contribution in [3.63, 3.8) is 0 Å². The van der Waals surface area contributed by atoms with Crippen molar-refractivity contribution in [3.8, 4) is 16.9 Å². The zero-order valence-corrected chi connectivity index (χ0v) is 20.7. The molecular weight excluding hydrogens is 519 g/mol. The van der Waals surface area contributed by atoms with Crippen molar-refractivity contribution in [1.29, 1.82) is 0 Å². The maximum absolute atomic E-state index is 13.1. The van der Waals surface area contributed by atoms with Gasteiger partial charge in [-0.3, -0.25) is 4.72 Å². The Morgan fingerprint density at radius 2 is 1.50 bits per heavy atom. The smallest absolute Gasteiger partial charge is 0.416 e. The van der Waals surface area contributed by atoms with Gasteiger partial charge in [-0.1, -0.05) is 42.5 Å². The van der Waals surface area contributed by atoms with Gasteiger partial charge in [0.1, 0.15) is 5.75 Å². The largest absolute Gasteiger partial charge is 0.497 e. The maximum atomic E-state index is 13.1. The van der Waals surface area contributed by atoms with Gasteiger partial charge in [0, 0.05) is 16.9 Å². The molecule has 0 aliphatic rings. The van der Waals surface area contributed by atoms with Crippen LogP contribution in [0.4, 0.5) is 35.0 Å². The fourth-order valence-corrected chi connectivity index (χ4v) is 4.70. The summed E-state index contributed by atoms with van der Waals surface area (Å²) >= 11 is 0. The summed E-state index contributed by atoms with van der Waals surface area (Å²) < 4.78 is 73.0. The van der Waals surface area contributed by atoms with Gasteiger partial charge in [-0.15, -0.1) is 0 Å². The zero-order valence-electron chi connectivity index (χ0n) is 19.9. The Balaban J connectivity index is 1.69. The number of benzene rings is 4. The summed E-state index contributed by atoms with van der Waals surface area (Å²) in [5, 5.41) is 4.93. The van der Waals surface area contributed by atoms with Crippen LogP contribution in [0, 0.1) is 0 Å². The SMILES string of the molecule is COc1cccc(-c2ccc(S(=O)(=O)Nc3ccccc3)cc2NC(=O)Nc2cccc(C(F)(F)F)c2)c1. The third-order valence-electron chi connectivity index (χ3n) is 5.40. The van der Waals surface area contributed by atoms with E-state index in [0.717, 1.165) is 12.1 Å². The molecule has 196 valence electrons. The number of amides is 2. The van der Waals surface area contributed by atoms with Crippen molar-refractivity contribution in [3.05, 3.63) is 103 Å². The molecule has 0 radical (unpaired) electrons. The van der Waals surface area contributed by atoms with E-state index in [1.807, 2.05) is 0 Å². The van der Waals surface area contributed by atoms with E-state index in [1.54, 1.807) is 54.6 Å². The first kappa shape index (κ1) is 26.6. The molecule has 0 bridgehead atoms. The number of methoxy groups -OCH3 is 1. The van der Waals surface area contributed by atoms with Crippen LogP contribution in [0.3, 0.4) is 0 Å². The first-order chi connectivity index (χ1) is 18.0. The van der Waals surface area contributed by atoms with Gasteiger partial charge >= 0.3 is 12.2 Å². The molecule has 2 amide bonds. The number of urea groups is 1. The van der Waals surface area contributed by atoms with Crippen molar-refractivity contribution in [1.82, 2.24) is 0 Å². The predicted octanol–water partition coefficient (Wildman–Crippen LogP) is 6.83. The molecule has 0 unspecified atom stereocenters. The van der Waals surface area contributed by atoms with Crippen molar-refractivity contribution in [2.24, 2.45) is 0 Å². The number of ether oxygens (including phenoxy) is 1. The van der Waals surface area contributed by atoms with E-state index in [9.17, 15) is 26.4 Å². The first-order valence-corrected chi connectivity index (χ1v) is 12.6. The van der Waals surface area contributed by atoms with E-state index in [0.29, 0.717) is 22.6 Å². The van der Waals surface area contributed by atoms with Gasteiger partial charge in [-0.25, -0.2) is 13.2 Å². The highest BCUT2D eigenvalue weighted by atomic mass is 32.2. The molecule has 0 saturated heterocycles. The molecule has 7 nitrogen and oxygen atoms in total. The van der Waals surface area contributed by atoms with Gasteiger partial charge in [-0.2, -0.15) is 13.2 Å². The molecule has 0 atom stereocenters. The molecular formula is C27H22F3N3O4S. The van der Waals surface area contributed by atoms with Crippen molar-refractivity contribution in [2.75, 3.05) is 22.5 Å². The molecule has 0 heterocycles. The topological polar surface area (TPSA) is 96.5 Å². The van der Waals surface area contributed by atoms with Gasteiger partial charge in [0.15, 0.2) is 0 Å². The Morgan fingerprint density at radius 3 is 2.21 bits per heavy atom. The van der Waals surface area contributed by atoms with E-state index < -0.39 is 27.8 Å². The van der Waals surface area contributed by atoms with Crippen LogP contribution in [-0.4, -0.2) is 21.6 Å². The number of para-hydroxylation sites is 1. The predicted molar refractivity (Wildman–Crippen MR) is 140 cm³/mol. The second-order valence-electron chi connectivity index (χ2n) is 8.07. The van der Waals surface area contributed by atoms with Crippen LogP contribution in [-0.2, 0) is 16.2 Å². The standard InChI is InChI=1S/C27H22F3N3O4S/c1-37-22-12-5-7-18(15-22)24-14-13-23(38(35,36)33-20-9-3-2-4-10-20)17-25(24)32-26(34)31-21-11-6-8-19(16-21)27(28,29)30/h2-17,33H,1H3,(H2,31,32,34). The van der Waals surface area contributed by atoms with Crippen LogP contribution in [0.1, 0.15) is 5.56 Å². The van der Waals surface area contributed by atoms with Gasteiger partial charge in [-0.05, 0) is 60.2 Å². The fourth-order valence-electron chi connectivity index (χ4n) is 3.61. The highest BCUT2D eigenvalue weighted by molar-refractivity contribution is 7.92. The Labute approximate surface area is 217 Å². The van der Waals surface area contributed by atoms with E-state index in [-0.39, 0.29) is 16.3 Å². The Kier molecular flexibility index (Phi) is 7.58. The number of hydrogen-bond donors (Lipinski definition) is 3. The summed E-state index contributed by atoms with van der Waals surface area (Å²) in [7, 11) is -2.54. The molecule has 3 N–H and O–H groups in total. The number of carbonyl (C=O) groups excluding carboxylic acids is 1. The summed E-state index contributed by atoms with van der Waals surface area (Å²) in [6, 6.07) is 22.6. The van der Waals surface area contributed by atoms with Crippen LogP contribution in [0.2, 0.25) is 0 Å². The normalized spacial score (nSPS) is 11.5. The molecule has 4 aromatic rings. The van der Waals surface area contributed by atoms with E-state index in [1.165, 1.54) is 37.4 Å². The molecule has 0 aromatic heterocycles. The Bertz CT molecular complexity index is 1560. The summed E-state index contributed by atoms with van der Waals surface area (Å²) in [4.78, 5) is 12.7. The molecule has 0 aliphatic carbocycles. The third-order valence-corrected chi connectivity index (χ3v) is 6.78. The number of anilines is 3. The minimum absolute atomic E-state index is 0.0882. The summed E-state index contributed by atoms with van der Waals surface area (Å²) in [6.45, 7) is 0. The van der Waals surface area contributed by atoms with Crippen molar-refractivity contribution < 1.29 is 31.1 Å². The molecule has 38 heavy (non-hydrogen) atoms. The molecule has 11 heteroatoms. The lowest BCUT2D eigenvalue weighted by Gasteiger charge is -2.16. The van der Waals surface area contributed by atoms with Crippen LogP contribution >= 0.6 is 0 Å². The fraction of sp³-hybridized carbons (Fsp3) is 0.0741. The average molecular weight is 542 g/mol. The molecule has 0 spiro atoms. The number of hydrogen-bond acceptors (Lipinski definition) is 4. The zero-order chi connectivity index (χ0) is 27.3. The van der Waals surface area contributed by atoms with E-state index >= 15 is 0 Å². The summed E-state index contributed by atoms with van der Waals surface area (Å²) in [5.41, 5.74) is 0.516. The number of nitrogens with one attached hydrogen (secondary N) is 3. The van der Waals surface area contributed by atoms with Gasteiger partial charge in [0.2, 0.25) is 0 Å². The Hall–Kier alpha value is -4.51. The minimum atomic E-state index is -4.58. The van der Waals surface area contributed by atoms with Gasteiger partial charge < -0.3 is 15.4 Å². The lowest BCUT2D eigenvalue weighted by molar-refractivity contribution is -0.137. The second kappa shape index (κ2) is 10.9. The number of halogens is 3. The molecule has 4 aromatic carbocycles. The van der Waals surface area contributed by atoms with Crippen molar-refractivity contribution >= 4 is 33.1 Å². The first-order valence-electron chi connectivity index (χ1n) is 11.2. The van der Waals surface area contributed by atoms with Crippen LogP contribution in [0.5, 0.6) is 5.75 Å².